The molecule has 0 unspecified atom stereocenters. The number of hydrogen-bond donors (Lipinski definition) is 2. The number of nitrogens with zero attached hydrogens (tertiary/aromatic N) is 2. The van der Waals surface area contributed by atoms with Gasteiger partial charge in [-0.25, -0.2) is 0 Å². The Morgan fingerprint density at radius 3 is 2.48 bits per heavy atom. The Morgan fingerprint density at radius 1 is 1.16 bits per heavy atom. The van der Waals surface area contributed by atoms with E-state index < -0.39 is 0 Å². The van der Waals surface area contributed by atoms with Crippen LogP contribution in [0.3, 0.4) is 0 Å². The molecule has 1 aliphatic carbocycles. The van der Waals surface area contributed by atoms with Gasteiger partial charge in [-0.3, -0.25) is 14.3 Å². The molecular formula is C19H24N4O2. The van der Waals surface area contributed by atoms with E-state index in [2.05, 4.69) is 46.9 Å². The van der Waals surface area contributed by atoms with Crippen LogP contribution in [0.2, 0.25) is 0 Å². The number of amides is 2. The van der Waals surface area contributed by atoms with Gasteiger partial charge in [0.2, 0.25) is 5.91 Å². The van der Waals surface area contributed by atoms with Gasteiger partial charge in [0.15, 0.2) is 0 Å². The highest BCUT2D eigenvalue weighted by molar-refractivity contribution is 5.98. The van der Waals surface area contributed by atoms with Gasteiger partial charge in [0.05, 0.1) is 24.3 Å². The van der Waals surface area contributed by atoms with Crippen LogP contribution in [0, 0.1) is 20.8 Å². The van der Waals surface area contributed by atoms with Gasteiger partial charge >= 0.3 is 0 Å². The summed E-state index contributed by atoms with van der Waals surface area (Å²) in [6.07, 6.45) is 2.06. The van der Waals surface area contributed by atoms with Gasteiger partial charge in [0, 0.05) is 11.7 Å². The van der Waals surface area contributed by atoms with Crippen LogP contribution in [0.5, 0.6) is 0 Å². The van der Waals surface area contributed by atoms with Crippen LogP contribution >= 0.6 is 0 Å². The van der Waals surface area contributed by atoms with Crippen molar-refractivity contribution in [1.82, 2.24) is 20.4 Å². The molecule has 3 rings (SSSR count). The lowest BCUT2D eigenvalue weighted by molar-refractivity contribution is -0.120. The van der Waals surface area contributed by atoms with E-state index in [4.69, 9.17) is 0 Å². The summed E-state index contributed by atoms with van der Waals surface area (Å²) in [6.45, 7) is 6.36. The summed E-state index contributed by atoms with van der Waals surface area (Å²) < 4.78 is 1.83. The fourth-order valence-electron chi connectivity index (χ4n) is 2.80. The quantitative estimate of drug-likeness (QED) is 0.843. The van der Waals surface area contributed by atoms with Crippen molar-refractivity contribution in [3.8, 4) is 0 Å². The molecule has 25 heavy (non-hydrogen) atoms. The van der Waals surface area contributed by atoms with E-state index in [9.17, 15) is 9.59 Å². The molecule has 1 fully saturated rings. The third kappa shape index (κ3) is 4.26. The van der Waals surface area contributed by atoms with Gasteiger partial charge in [-0.15, -0.1) is 0 Å². The summed E-state index contributed by atoms with van der Waals surface area (Å²) in [4.78, 5) is 24.2. The highest BCUT2D eigenvalue weighted by atomic mass is 16.2. The first-order valence-electron chi connectivity index (χ1n) is 8.61. The number of aryl methyl sites for hydroxylation is 2. The normalized spacial score (nSPS) is 13.6. The molecule has 6 heteroatoms. The van der Waals surface area contributed by atoms with Crippen LogP contribution in [0.4, 0.5) is 0 Å². The highest BCUT2D eigenvalue weighted by Gasteiger charge is 2.24. The van der Waals surface area contributed by atoms with Crippen molar-refractivity contribution in [2.24, 2.45) is 0 Å². The molecule has 1 aromatic heterocycles. The summed E-state index contributed by atoms with van der Waals surface area (Å²) in [5.41, 5.74) is 4.36. The van der Waals surface area contributed by atoms with Gasteiger partial charge < -0.3 is 10.6 Å². The first kappa shape index (κ1) is 17.2. The van der Waals surface area contributed by atoms with Gasteiger partial charge in [-0.05, 0) is 39.2 Å². The molecule has 2 N–H and O–H groups in total. The Hall–Kier alpha value is -2.63. The third-order valence-corrected chi connectivity index (χ3v) is 4.41. The van der Waals surface area contributed by atoms with E-state index in [1.165, 1.54) is 5.56 Å². The van der Waals surface area contributed by atoms with Crippen LogP contribution in [0.25, 0.3) is 0 Å². The Balaban J connectivity index is 1.66. The van der Waals surface area contributed by atoms with E-state index >= 15 is 0 Å². The van der Waals surface area contributed by atoms with Crippen molar-refractivity contribution < 1.29 is 9.59 Å². The number of benzene rings is 1. The number of nitrogens with one attached hydrogen (secondary N) is 2. The predicted molar refractivity (Wildman–Crippen MR) is 95.5 cm³/mol. The smallest absolute Gasteiger partial charge is 0.255 e. The van der Waals surface area contributed by atoms with E-state index in [-0.39, 0.29) is 18.4 Å². The van der Waals surface area contributed by atoms with E-state index in [0.717, 1.165) is 24.1 Å². The summed E-state index contributed by atoms with van der Waals surface area (Å²) in [5.74, 6) is -0.394. The number of carbonyl (C=O) groups excluding carboxylic acids is 2. The Kier molecular flexibility index (Phi) is 4.88. The van der Waals surface area contributed by atoms with Crippen LogP contribution in [0.1, 0.15) is 45.7 Å². The molecule has 0 saturated heterocycles. The predicted octanol–water partition coefficient (Wildman–Crippen LogP) is 1.87. The molecule has 1 heterocycles. The Morgan fingerprint density at radius 2 is 1.84 bits per heavy atom. The van der Waals surface area contributed by atoms with Crippen LogP contribution in [0.15, 0.2) is 24.3 Å². The van der Waals surface area contributed by atoms with Crippen LogP contribution in [-0.2, 0) is 11.3 Å². The topological polar surface area (TPSA) is 76.0 Å². The second-order valence-corrected chi connectivity index (χ2v) is 6.71. The lowest BCUT2D eigenvalue weighted by atomic mass is 10.1. The number of rotatable bonds is 6. The largest absolute Gasteiger partial charge is 0.352 e. The zero-order valence-electron chi connectivity index (χ0n) is 14.9. The summed E-state index contributed by atoms with van der Waals surface area (Å²) in [5, 5.41) is 10.0. The zero-order chi connectivity index (χ0) is 18.0. The van der Waals surface area contributed by atoms with Crippen molar-refractivity contribution in [3.05, 3.63) is 52.3 Å². The third-order valence-electron chi connectivity index (χ3n) is 4.41. The first-order chi connectivity index (χ1) is 11.9. The molecule has 0 aliphatic heterocycles. The fraction of sp³-hybridized carbons (Fsp3) is 0.421. The van der Waals surface area contributed by atoms with Crippen molar-refractivity contribution in [3.63, 3.8) is 0 Å². The van der Waals surface area contributed by atoms with Crippen molar-refractivity contribution >= 4 is 11.8 Å². The van der Waals surface area contributed by atoms with Crippen molar-refractivity contribution in [1.29, 1.82) is 0 Å². The average Bonchev–Trinajstić information content (AvgIpc) is 3.33. The maximum atomic E-state index is 12.5. The second-order valence-electron chi connectivity index (χ2n) is 6.71. The molecule has 2 amide bonds. The van der Waals surface area contributed by atoms with Crippen molar-refractivity contribution in [2.75, 3.05) is 6.54 Å². The minimum atomic E-state index is -0.254. The fourth-order valence-corrected chi connectivity index (χ4v) is 2.80. The summed E-state index contributed by atoms with van der Waals surface area (Å²) >= 11 is 0. The van der Waals surface area contributed by atoms with E-state index in [1.54, 1.807) is 0 Å². The molecule has 1 aromatic carbocycles. The summed E-state index contributed by atoms with van der Waals surface area (Å²) in [6, 6.07) is 8.55. The average molecular weight is 340 g/mol. The molecule has 132 valence electrons. The van der Waals surface area contributed by atoms with E-state index in [1.807, 2.05) is 18.5 Å². The lowest BCUT2D eigenvalue weighted by Gasteiger charge is -2.08. The maximum Gasteiger partial charge on any atom is 0.255 e. The Labute approximate surface area is 147 Å². The monoisotopic (exact) mass is 340 g/mol. The van der Waals surface area contributed by atoms with Gasteiger partial charge in [0.1, 0.15) is 0 Å². The molecular weight excluding hydrogens is 316 g/mol. The maximum absolute atomic E-state index is 12.5. The minimum Gasteiger partial charge on any atom is -0.352 e. The summed E-state index contributed by atoms with van der Waals surface area (Å²) in [7, 11) is 0. The van der Waals surface area contributed by atoms with Crippen LogP contribution in [-0.4, -0.2) is 34.2 Å². The molecule has 0 atom stereocenters. The number of aromatic nitrogens is 2. The zero-order valence-corrected chi connectivity index (χ0v) is 14.9. The highest BCUT2D eigenvalue weighted by Crippen LogP contribution is 2.18. The molecule has 1 aliphatic rings. The number of hydrogen-bond acceptors (Lipinski definition) is 3. The molecule has 0 radical (unpaired) electrons. The molecule has 6 nitrogen and oxygen atoms in total. The standard InChI is InChI=1S/C19H24N4O2/c1-12-4-6-15(7-5-12)11-23-14(3)18(13(2)22-23)19(25)20-10-17(24)21-16-8-9-16/h4-7,16H,8-11H2,1-3H3,(H,20,25)(H,21,24). The SMILES string of the molecule is Cc1ccc(Cn2nc(C)c(C(=O)NCC(=O)NC3CC3)c2C)cc1. The molecule has 0 bridgehead atoms. The molecule has 0 spiro atoms. The van der Waals surface area contributed by atoms with Gasteiger partial charge in [-0.2, -0.15) is 5.10 Å². The number of carbonyl (C=O) groups is 2. The van der Waals surface area contributed by atoms with Gasteiger partial charge in [0.25, 0.3) is 5.91 Å². The van der Waals surface area contributed by atoms with Crippen molar-refractivity contribution in [2.45, 2.75) is 46.2 Å². The molecule has 1 saturated carbocycles. The molecule has 2 aromatic rings. The second kappa shape index (κ2) is 7.09. The van der Waals surface area contributed by atoms with E-state index in [0.29, 0.717) is 23.8 Å². The Bertz CT molecular complexity index is 789. The van der Waals surface area contributed by atoms with Crippen LogP contribution < -0.4 is 10.6 Å². The minimum absolute atomic E-state index is 0.00262. The first-order valence-corrected chi connectivity index (χ1v) is 8.61. The lowest BCUT2D eigenvalue weighted by Crippen LogP contribution is -2.38. The van der Waals surface area contributed by atoms with Gasteiger partial charge in [-0.1, -0.05) is 29.8 Å².